The Labute approximate surface area is 362 Å². The number of fused-ring (bicyclic) bond motifs is 14. The average Bonchev–Trinajstić information content (AvgIpc) is 4.08. The van der Waals surface area contributed by atoms with E-state index in [1.165, 1.54) is 99.4 Å². The van der Waals surface area contributed by atoms with Gasteiger partial charge in [0.15, 0.2) is 0 Å². The number of hydrogen-bond acceptors (Lipinski definition) is 3. The molecule has 16 rings (SSSR count). The van der Waals surface area contributed by atoms with Gasteiger partial charge in [0.25, 0.3) is 0 Å². The highest BCUT2D eigenvalue weighted by Crippen LogP contribution is 2.50. The Balaban J connectivity index is 1.13. The molecule has 4 aliphatic rings. The van der Waals surface area contributed by atoms with Crippen molar-refractivity contribution in [3.8, 4) is 22.3 Å². The van der Waals surface area contributed by atoms with Gasteiger partial charge in [-0.3, -0.25) is 0 Å². The van der Waals surface area contributed by atoms with Crippen molar-refractivity contribution in [2.24, 2.45) is 0 Å². The molecule has 5 nitrogen and oxygen atoms in total. The van der Waals surface area contributed by atoms with Gasteiger partial charge in [0.2, 0.25) is 0 Å². The van der Waals surface area contributed by atoms with E-state index in [0.29, 0.717) is 0 Å². The molecule has 0 fully saturated rings. The van der Waals surface area contributed by atoms with Crippen LogP contribution in [0.2, 0.25) is 0 Å². The number of hydrogen-bond donors (Lipinski definition) is 0. The van der Waals surface area contributed by atoms with Gasteiger partial charge in [0, 0.05) is 67.1 Å². The molecule has 9 aromatic carbocycles. The molecule has 7 heterocycles. The van der Waals surface area contributed by atoms with Gasteiger partial charge in [-0.05, 0) is 134 Å². The van der Waals surface area contributed by atoms with E-state index in [4.69, 9.17) is 4.42 Å². The standard InChI is InChI=1S/C56H32B2N4O/c1-3-14-36(15-4-1)61-45-22-11-19-38-39-20-9-12-33-27-29-60(54(33)39)58(51(38)45)53-47(61)32-43-40-21-10-13-34-26-28-59(55(34)40)57-44-30-35-24-25-49-50(41-18-7-8-23-48(41)63-49)42(35)31-46(44)62(56(53)52(43)57)37-16-5-2-6-17-37/h1-32H. The molecule has 0 aliphatic carbocycles. The first-order valence-corrected chi connectivity index (χ1v) is 21.9. The highest BCUT2D eigenvalue weighted by atomic mass is 16.3. The van der Waals surface area contributed by atoms with Gasteiger partial charge in [0.1, 0.15) is 11.2 Å². The normalized spacial score (nSPS) is 13.9. The predicted octanol–water partition coefficient (Wildman–Crippen LogP) is 11.5. The van der Waals surface area contributed by atoms with Crippen LogP contribution in [0.5, 0.6) is 0 Å². The molecule has 288 valence electrons. The maximum absolute atomic E-state index is 6.54. The second-order valence-electron chi connectivity index (χ2n) is 17.6. The summed E-state index contributed by atoms with van der Waals surface area (Å²) in [5, 5.41) is 7.21. The maximum atomic E-state index is 6.54. The van der Waals surface area contributed by atoms with Crippen molar-refractivity contribution >= 4 is 124 Å². The first kappa shape index (κ1) is 32.6. The lowest BCUT2D eigenvalue weighted by molar-refractivity contribution is 0.669. The first-order chi connectivity index (χ1) is 31.3. The van der Waals surface area contributed by atoms with Crippen LogP contribution in [0.4, 0.5) is 34.1 Å². The molecule has 0 radical (unpaired) electrons. The molecule has 3 aromatic heterocycles. The Bertz CT molecular complexity index is 4020. The topological polar surface area (TPSA) is 29.5 Å². The summed E-state index contributed by atoms with van der Waals surface area (Å²) >= 11 is 0. The summed E-state index contributed by atoms with van der Waals surface area (Å²) in [5.74, 6) is 0. The summed E-state index contributed by atoms with van der Waals surface area (Å²) in [4.78, 5) is 5.18. The SMILES string of the molecule is c1ccc(N2c3cccc4c3B(c3c2cc2c5c3N(c3ccccc3)c3cc6c(ccc7oc8ccccc8c76)cc3B5n3ccc5cccc-2c53)n2ccc3cccc-4c32)cc1. The Morgan fingerprint density at radius 1 is 0.381 bits per heavy atom. The summed E-state index contributed by atoms with van der Waals surface area (Å²) in [6.07, 6.45) is 4.67. The molecule has 0 bridgehead atoms. The van der Waals surface area contributed by atoms with Gasteiger partial charge in [-0.2, -0.15) is 0 Å². The van der Waals surface area contributed by atoms with Gasteiger partial charge < -0.3 is 23.2 Å². The Kier molecular flexibility index (Phi) is 5.90. The minimum Gasteiger partial charge on any atom is -0.456 e. The van der Waals surface area contributed by atoms with E-state index < -0.39 is 0 Å². The zero-order chi connectivity index (χ0) is 40.7. The largest absolute Gasteiger partial charge is 0.456 e. The Hall–Kier alpha value is -8.15. The van der Waals surface area contributed by atoms with Gasteiger partial charge >= 0.3 is 13.7 Å². The van der Waals surface area contributed by atoms with Gasteiger partial charge in [0.05, 0.1) is 0 Å². The lowest BCUT2D eigenvalue weighted by Gasteiger charge is -2.47. The van der Waals surface area contributed by atoms with Crippen molar-refractivity contribution in [2.45, 2.75) is 0 Å². The van der Waals surface area contributed by atoms with Gasteiger partial charge in [-0.25, -0.2) is 0 Å². The van der Waals surface area contributed by atoms with Crippen LogP contribution in [0, 0.1) is 0 Å². The molecule has 0 saturated heterocycles. The smallest absolute Gasteiger partial charge is 0.334 e. The molecule has 0 atom stereocenters. The van der Waals surface area contributed by atoms with Gasteiger partial charge in [-0.15, -0.1) is 0 Å². The third-order valence-corrected chi connectivity index (χ3v) is 14.7. The lowest BCUT2D eigenvalue weighted by Crippen LogP contribution is -2.63. The monoisotopic (exact) mass is 798 g/mol. The number of furan rings is 1. The fraction of sp³-hybridized carbons (Fsp3) is 0. The number of anilines is 6. The third kappa shape index (κ3) is 3.93. The number of rotatable bonds is 2. The molecule has 63 heavy (non-hydrogen) atoms. The van der Waals surface area contributed by atoms with E-state index in [9.17, 15) is 0 Å². The molecule has 0 amide bonds. The van der Waals surface area contributed by atoms with E-state index in [2.05, 4.69) is 213 Å². The van der Waals surface area contributed by atoms with Gasteiger partial charge in [-0.1, -0.05) is 115 Å². The quantitative estimate of drug-likeness (QED) is 0.163. The minimum atomic E-state index is -0.0980. The molecular weight excluding hydrogens is 766 g/mol. The molecule has 0 N–H and O–H groups in total. The van der Waals surface area contributed by atoms with Crippen molar-refractivity contribution in [2.75, 3.05) is 9.80 Å². The number of aromatic nitrogens is 2. The molecule has 4 aliphatic heterocycles. The molecular formula is C56H32B2N4O. The average molecular weight is 799 g/mol. The van der Waals surface area contributed by atoms with Crippen molar-refractivity contribution in [1.82, 2.24) is 8.96 Å². The van der Waals surface area contributed by atoms with E-state index >= 15 is 0 Å². The lowest BCUT2D eigenvalue weighted by atomic mass is 9.40. The van der Waals surface area contributed by atoms with E-state index in [-0.39, 0.29) is 13.7 Å². The second-order valence-corrected chi connectivity index (χ2v) is 17.6. The van der Waals surface area contributed by atoms with Crippen LogP contribution < -0.4 is 31.7 Å². The van der Waals surface area contributed by atoms with Crippen molar-refractivity contribution < 1.29 is 4.42 Å². The molecule has 12 aromatic rings. The minimum absolute atomic E-state index is 0.0776. The Morgan fingerprint density at radius 3 is 1.83 bits per heavy atom. The van der Waals surface area contributed by atoms with Crippen molar-refractivity contribution in [1.29, 1.82) is 0 Å². The number of para-hydroxylation sites is 5. The zero-order valence-corrected chi connectivity index (χ0v) is 33.8. The first-order valence-electron chi connectivity index (χ1n) is 21.9. The molecule has 0 saturated carbocycles. The number of benzene rings is 9. The third-order valence-electron chi connectivity index (χ3n) is 14.7. The van der Waals surface area contributed by atoms with Crippen LogP contribution in [0.1, 0.15) is 0 Å². The fourth-order valence-electron chi connectivity index (χ4n) is 12.3. The van der Waals surface area contributed by atoms with E-state index in [1.807, 2.05) is 0 Å². The zero-order valence-electron chi connectivity index (χ0n) is 33.8. The molecule has 0 spiro atoms. The summed E-state index contributed by atoms with van der Waals surface area (Å²) in [7, 11) is 0. The predicted molar refractivity (Wildman–Crippen MR) is 263 cm³/mol. The summed E-state index contributed by atoms with van der Waals surface area (Å²) in [5.41, 5.74) is 21.9. The summed E-state index contributed by atoms with van der Waals surface area (Å²) in [6.45, 7) is -0.176. The van der Waals surface area contributed by atoms with Crippen LogP contribution in [0.25, 0.3) is 76.8 Å². The fourth-order valence-corrected chi connectivity index (χ4v) is 12.3. The van der Waals surface area contributed by atoms with E-state index in [1.54, 1.807) is 0 Å². The van der Waals surface area contributed by atoms with Crippen LogP contribution in [0.3, 0.4) is 0 Å². The summed E-state index contributed by atoms with van der Waals surface area (Å²) < 4.78 is 11.7. The van der Waals surface area contributed by atoms with Crippen LogP contribution in [-0.4, -0.2) is 22.7 Å². The second kappa shape index (κ2) is 11.4. The van der Waals surface area contributed by atoms with Crippen LogP contribution in [0.15, 0.2) is 199 Å². The molecule has 7 heteroatoms. The molecule has 0 unspecified atom stereocenters. The number of nitrogens with zero attached hydrogens (tertiary/aromatic N) is 4. The van der Waals surface area contributed by atoms with Crippen LogP contribution >= 0.6 is 0 Å². The van der Waals surface area contributed by atoms with Crippen molar-refractivity contribution in [3.63, 3.8) is 0 Å². The highest BCUT2D eigenvalue weighted by molar-refractivity contribution is 6.94. The van der Waals surface area contributed by atoms with Crippen molar-refractivity contribution in [3.05, 3.63) is 194 Å². The van der Waals surface area contributed by atoms with Crippen LogP contribution in [-0.2, 0) is 0 Å². The van der Waals surface area contributed by atoms with E-state index in [0.717, 1.165) is 33.3 Å². The summed E-state index contributed by atoms with van der Waals surface area (Å²) in [6, 6.07) is 67.7. The maximum Gasteiger partial charge on any atom is 0.334 e. The Morgan fingerprint density at radius 2 is 1.05 bits per heavy atom. The highest BCUT2D eigenvalue weighted by Gasteiger charge is 2.50.